The van der Waals surface area contributed by atoms with Gasteiger partial charge in [-0.25, -0.2) is 0 Å². The van der Waals surface area contributed by atoms with Crippen LogP contribution in [-0.2, 0) is 0 Å². The zero-order chi connectivity index (χ0) is 14.6. The molecule has 2 heteroatoms. The Bertz CT molecular complexity index is 242. The van der Waals surface area contributed by atoms with Gasteiger partial charge in [-0.15, -0.1) is 0 Å². The van der Waals surface area contributed by atoms with Crippen molar-refractivity contribution in [3.63, 3.8) is 0 Å². The monoisotopic (exact) mass is 285 g/mol. The lowest BCUT2D eigenvalue weighted by Crippen LogP contribution is -2.36. The molecule has 1 nitrogen and oxygen atoms in total. The molecule has 0 radical (unpaired) electrons. The van der Waals surface area contributed by atoms with Gasteiger partial charge in [0.05, 0.1) is 0 Å². The van der Waals surface area contributed by atoms with Gasteiger partial charge in [-0.3, -0.25) is 0 Å². The third kappa shape index (κ3) is 7.60. The largest absolute Gasteiger partial charge is 0.325 e. The van der Waals surface area contributed by atoms with E-state index in [4.69, 9.17) is 18.4 Å². The van der Waals surface area contributed by atoms with Crippen LogP contribution in [-0.4, -0.2) is 10.3 Å². The van der Waals surface area contributed by atoms with Gasteiger partial charge in [0.2, 0.25) is 0 Å². The van der Waals surface area contributed by atoms with Crippen molar-refractivity contribution in [3.8, 4) is 0 Å². The smallest absolute Gasteiger partial charge is 0.0125 e. The van der Waals surface area contributed by atoms with Crippen molar-refractivity contribution in [2.75, 3.05) is 0 Å². The molecule has 0 saturated heterocycles. The van der Waals surface area contributed by atoms with E-state index in [2.05, 4.69) is 27.7 Å². The third-order valence-corrected chi connectivity index (χ3v) is 5.33. The minimum Gasteiger partial charge on any atom is -0.325 e. The van der Waals surface area contributed by atoms with Gasteiger partial charge in [0.1, 0.15) is 0 Å². The molecule has 0 aromatic rings. The van der Waals surface area contributed by atoms with Crippen LogP contribution in [0.15, 0.2) is 0 Å². The molecule has 1 fully saturated rings. The van der Waals surface area contributed by atoms with Crippen molar-refractivity contribution in [1.29, 1.82) is 0 Å². The van der Waals surface area contributed by atoms with Gasteiger partial charge < -0.3 is 5.73 Å². The normalized spacial score (nSPS) is 38.8. The second kappa shape index (κ2) is 6.85. The summed E-state index contributed by atoms with van der Waals surface area (Å²) in [6.07, 6.45) is 12.6. The van der Waals surface area contributed by atoms with Crippen LogP contribution in [0.4, 0.5) is 0 Å². The predicted octanol–water partition coefficient (Wildman–Crippen LogP) is 5.33. The maximum absolute atomic E-state index is 6.45. The Balaban J connectivity index is 2.61. The lowest BCUT2D eigenvalue weighted by molar-refractivity contribution is 0.267. The third-order valence-electron chi connectivity index (χ3n) is 4.88. The summed E-state index contributed by atoms with van der Waals surface area (Å²) in [7, 11) is 0. The zero-order valence-electron chi connectivity index (χ0n) is 13.6. The van der Waals surface area contributed by atoms with E-state index in [9.17, 15) is 0 Å². The van der Waals surface area contributed by atoms with Gasteiger partial charge >= 0.3 is 0 Å². The van der Waals surface area contributed by atoms with Gasteiger partial charge in [0.25, 0.3) is 0 Å². The van der Waals surface area contributed by atoms with Gasteiger partial charge in [0.15, 0.2) is 0 Å². The summed E-state index contributed by atoms with van der Waals surface area (Å²) in [6, 6.07) is 0. The second-order valence-corrected chi connectivity index (χ2v) is 9.31. The molecule has 1 saturated carbocycles. The van der Waals surface area contributed by atoms with Gasteiger partial charge in [-0.05, 0) is 50.9 Å². The van der Waals surface area contributed by atoms with Crippen molar-refractivity contribution >= 4 is 12.6 Å². The van der Waals surface area contributed by atoms with E-state index in [1.165, 1.54) is 57.8 Å². The zero-order valence-corrected chi connectivity index (χ0v) is 14.5. The maximum atomic E-state index is 6.45. The standard InChI is InChI=1S/C17H35NS/c1-15(2)9-5-6-13-17(4,19)14-8-12-16(3,18)11-7-10-15/h19H,5-14,18H2,1-4H3. The summed E-state index contributed by atoms with van der Waals surface area (Å²) in [5, 5.41) is 0. The number of hydrogen-bond acceptors (Lipinski definition) is 2. The summed E-state index contributed by atoms with van der Waals surface area (Å²) < 4.78 is 0.203. The van der Waals surface area contributed by atoms with Crippen LogP contribution < -0.4 is 5.73 Å². The lowest BCUT2D eigenvalue weighted by atomic mass is 9.80. The van der Waals surface area contributed by atoms with E-state index in [1.807, 2.05) is 0 Å². The van der Waals surface area contributed by atoms with E-state index < -0.39 is 0 Å². The Labute approximate surface area is 126 Å². The minimum absolute atomic E-state index is 0.0218. The van der Waals surface area contributed by atoms with Crippen molar-refractivity contribution in [2.24, 2.45) is 11.1 Å². The summed E-state index contributed by atoms with van der Waals surface area (Å²) >= 11 is 4.87. The van der Waals surface area contributed by atoms with E-state index in [0.717, 1.165) is 6.42 Å². The summed E-state index contributed by atoms with van der Waals surface area (Å²) in [5.41, 5.74) is 6.95. The molecule has 0 heterocycles. The molecule has 0 bridgehead atoms. The van der Waals surface area contributed by atoms with Crippen molar-refractivity contribution < 1.29 is 0 Å². The molecular formula is C17H35NS. The first kappa shape index (κ1) is 17.4. The molecule has 1 rings (SSSR count). The highest BCUT2D eigenvalue weighted by Crippen LogP contribution is 2.35. The Kier molecular flexibility index (Phi) is 6.26. The van der Waals surface area contributed by atoms with Crippen LogP contribution in [0, 0.1) is 5.41 Å². The quantitative estimate of drug-likeness (QED) is 0.578. The number of hydrogen-bond donors (Lipinski definition) is 2. The summed E-state index contributed by atoms with van der Waals surface area (Å²) in [4.78, 5) is 0. The van der Waals surface area contributed by atoms with E-state index in [-0.39, 0.29) is 10.3 Å². The van der Waals surface area contributed by atoms with Crippen LogP contribution >= 0.6 is 12.6 Å². The van der Waals surface area contributed by atoms with Crippen LogP contribution in [0.2, 0.25) is 0 Å². The fourth-order valence-corrected chi connectivity index (χ4v) is 3.64. The molecule has 1 aliphatic rings. The minimum atomic E-state index is 0.0218. The molecule has 0 aliphatic heterocycles. The lowest BCUT2D eigenvalue weighted by Gasteiger charge is -2.29. The van der Waals surface area contributed by atoms with Gasteiger partial charge in [-0.2, -0.15) is 12.6 Å². The second-order valence-electron chi connectivity index (χ2n) is 8.23. The summed E-state index contributed by atoms with van der Waals surface area (Å²) in [6.45, 7) is 9.37. The van der Waals surface area contributed by atoms with Crippen LogP contribution in [0.1, 0.15) is 91.9 Å². The van der Waals surface area contributed by atoms with Crippen molar-refractivity contribution in [1.82, 2.24) is 0 Å². The van der Waals surface area contributed by atoms with E-state index in [0.29, 0.717) is 5.41 Å². The molecule has 2 unspecified atom stereocenters. The number of rotatable bonds is 0. The van der Waals surface area contributed by atoms with Crippen LogP contribution in [0.5, 0.6) is 0 Å². The van der Waals surface area contributed by atoms with E-state index >= 15 is 0 Å². The molecule has 2 N–H and O–H groups in total. The average molecular weight is 286 g/mol. The topological polar surface area (TPSA) is 26.0 Å². The number of thiol groups is 1. The first-order valence-electron chi connectivity index (χ1n) is 8.13. The first-order valence-corrected chi connectivity index (χ1v) is 8.58. The van der Waals surface area contributed by atoms with Crippen molar-refractivity contribution in [2.45, 2.75) is 102 Å². The molecule has 114 valence electrons. The predicted molar refractivity (Wildman–Crippen MR) is 89.9 cm³/mol. The molecule has 0 aromatic heterocycles. The molecule has 2 atom stereocenters. The molecule has 0 amide bonds. The highest BCUT2D eigenvalue weighted by molar-refractivity contribution is 7.81. The molecule has 19 heavy (non-hydrogen) atoms. The van der Waals surface area contributed by atoms with Crippen LogP contribution in [0.25, 0.3) is 0 Å². The SMILES string of the molecule is CC1(C)CCCCC(C)(S)CCCC(C)(N)CCC1. The van der Waals surface area contributed by atoms with Crippen LogP contribution in [0.3, 0.4) is 0 Å². The van der Waals surface area contributed by atoms with Gasteiger partial charge in [-0.1, -0.05) is 46.5 Å². The van der Waals surface area contributed by atoms with Crippen molar-refractivity contribution in [3.05, 3.63) is 0 Å². The highest BCUT2D eigenvalue weighted by atomic mass is 32.1. The highest BCUT2D eigenvalue weighted by Gasteiger charge is 2.25. The Morgan fingerprint density at radius 1 is 0.684 bits per heavy atom. The fraction of sp³-hybridized carbons (Fsp3) is 1.00. The molecule has 0 spiro atoms. The number of nitrogens with two attached hydrogens (primary N) is 1. The molecular weight excluding hydrogens is 250 g/mol. The van der Waals surface area contributed by atoms with Gasteiger partial charge in [0, 0.05) is 10.3 Å². The fourth-order valence-electron chi connectivity index (χ4n) is 3.33. The average Bonchev–Trinajstić information content (AvgIpc) is 2.23. The Morgan fingerprint density at radius 3 is 1.74 bits per heavy atom. The maximum Gasteiger partial charge on any atom is 0.0125 e. The molecule has 0 aromatic carbocycles. The van der Waals surface area contributed by atoms with E-state index in [1.54, 1.807) is 0 Å². The first-order chi connectivity index (χ1) is 8.62. The molecule has 1 aliphatic carbocycles. The Morgan fingerprint density at radius 2 is 1.11 bits per heavy atom. The Hall–Kier alpha value is 0.310. The summed E-state index contributed by atoms with van der Waals surface area (Å²) in [5.74, 6) is 0.